The van der Waals surface area contributed by atoms with Gasteiger partial charge in [0.25, 0.3) is 0 Å². The fourth-order valence-corrected chi connectivity index (χ4v) is 1.44. The van der Waals surface area contributed by atoms with Crippen molar-refractivity contribution in [3.05, 3.63) is 41.6 Å². The van der Waals surface area contributed by atoms with Crippen molar-refractivity contribution in [2.24, 2.45) is 0 Å². The topological polar surface area (TPSA) is 49.8 Å². The molecule has 0 spiro atoms. The molecule has 0 bridgehead atoms. The van der Waals surface area contributed by atoms with Gasteiger partial charge in [-0.2, -0.15) is 4.39 Å². The van der Waals surface area contributed by atoms with Gasteiger partial charge in [0.1, 0.15) is 11.3 Å². The summed E-state index contributed by atoms with van der Waals surface area (Å²) in [6, 6.07) is 7.44. The predicted octanol–water partition coefficient (Wildman–Crippen LogP) is 3.05. The van der Waals surface area contributed by atoms with Crippen molar-refractivity contribution in [3.8, 4) is 0 Å². The molecule has 0 saturated heterocycles. The number of rotatable bonds is 3. The van der Waals surface area contributed by atoms with Crippen LogP contribution in [0.5, 0.6) is 0 Å². The number of halogens is 2. The minimum atomic E-state index is -0.740. The van der Waals surface area contributed by atoms with Gasteiger partial charge >= 0.3 is 0 Å². The SMILES string of the molecule is CNc1ccc(Nc2ncnc(F)c2Cl)cc1. The molecule has 1 aromatic carbocycles. The number of hydrogen-bond donors (Lipinski definition) is 2. The first-order chi connectivity index (χ1) is 8.20. The van der Waals surface area contributed by atoms with E-state index in [2.05, 4.69) is 20.6 Å². The van der Waals surface area contributed by atoms with Gasteiger partial charge in [-0.3, -0.25) is 0 Å². The normalized spacial score (nSPS) is 10.1. The Morgan fingerprint density at radius 2 is 1.76 bits per heavy atom. The Morgan fingerprint density at radius 3 is 2.41 bits per heavy atom. The molecule has 0 fully saturated rings. The van der Waals surface area contributed by atoms with E-state index in [9.17, 15) is 4.39 Å². The van der Waals surface area contributed by atoms with Crippen molar-refractivity contribution in [2.45, 2.75) is 0 Å². The maximum absolute atomic E-state index is 13.1. The molecule has 0 atom stereocenters. The Balaban J connectivity index is 2.22. The molecule has 2 N–H and O–H groups in total. The minimum absolute atomic E-state index is 0.120. The Hall–Kier alpha value is -1.88. The van der Waals surface area contributed by atoms with E-state index >= 15 is 0 Å². The zero-order valence-electron chi connectivity index (χ0n) is 9.04. The van der Waals surface area contributed by atoms with Crippen molar-refractivity contribution in [3.63, 3.8) is 0 Å². The summed E-state index contributed by atoms with van der Waals surface area (Å²) in [7, 11) is 1.83. The van der Waals surface area contributed by atoms with Crippen LogP contribution in [-0.4, -0.2) is 17.0 Å². The van der Waals surface area contributed by atoms with E-state index in [4.69, 9.17) is 11.6 Å². The van der Waals surface area contributed by atoms with Gasteiger partial charge in [0.15, 0.2) is 5.82 Å². The van der Waals surface area contributed by atoms with Gasteiger partial charge < -0.3 is 10.6 Å². The van der Waals surface area contributed by atoms with E-state index in [0.717, 1.165) is 17.7 Å². The summed E-state index contributed by atoms with van der Waals surface area (Å²) in [6.07, 6.45) is 1.12. The van der Waals surface area contributed by atoms with E-state index in [1.54, 1.807) is 0 Å². The number of hydrogen-bond acceptors (Lipinski definition) is 4. The molecular formula is C11H10ClFN4. The van der Waals surface area contributed by atoms with Crippen LogP contribution in [-0.2, 0) is 0 Å². The molecule has 0 saturated carbocycles. The van der Waals surface area contributed by atoms with Crippen LogP contribution in [0.2, 0.25) is 5.02 Å². The summed E-state index contributed by atoms with van der Waals surface area (Å²) in [5.41, 5.74) is 1.75. The lowest BCUT2D eigenvalue weighted by atomic mass is 10.3. The average Bonchev–Trinajstić information content (AvgIpc) is 2.36. The van der Waals surface area contributed by atoms with Gasteiger partial charge in [0.05, 0.1) is 0 Å². The van der Waals surface area contributed by atoms with E-state index in [0.29, 0.717) is 0 Å². The smallest absolute Gasteiger partial charge is 0.236 e. The Labute approximate surface area is 103 Å². The zero-order valence-corrected chi connectivity index (χ0v) is 9.79. The van der Waals surface area contributed by atoms with E-state index in [1.165, 1.54) is 0 Å². The second kappa shape index (κ2) is 4.97. The molecule has 0 unspecified atom stereocenters. The number of anilines is 3. The predicted molar refractivity (Wildman–Crippen MR) is 66.3 cm³/mol. The molecule has 88 valence electrons. The second-order valence-electron chi connectivity index (χ2n) is 3.28. The van der Waals surface area contributed by atoms with Gasteiger partial charge in [-0.1, -0.05) is 11.6 Å². The maximum atomic E-state index is 13.1. The van der Waals surface area contributed by atoms with E-state index in [-0.39, 0.29) is 10.8 Å². The third-order valence-corrected chi connectivity index (χ3v) is 2.52. The molecule has 0 aliphatic heterocycles. The second-order valence-corrected chi connectivity index (χ2v) is 3.66. The first-order valence-corrected chi connectivity index (χ1v) is 5.29. The van der Waals surface area contributed by atoms with Crippen molar-refractivity contribution in [1.82, 2.24) is 9.97 Å². The Morgan fingerprint density at radius 1 is 1.12 bits per heavy atom. The monoisotopic (exact) mass is 252 g/mol. The van der Waals surface area contributed by atoms with Crippen LogP contribution in [0, 0.1) is 5.95 Å². The standard InChI is InChI=1S/C11H10ClFN4/c1-14-7-2-4-8(5-3-7)17-11-9(12)10(13)15-6-16-11/h2-6,14H,1H3,(H,15,16,17). The molecule has 0 radical (unpaired) electrons. The fraction of sp³-hybridized carbons (Fsp3) is 0.0909. The van der Waals surface area contributed by atoms with Crippen LogP contribution < -0.4 is 10.6 Å². The number of nitrogens with zero attached hydrogens (tertiary/aromatic N) is 2. The Bertz CT molecular complexity index is 515. The van der Waals surface area contributed by atoms with Crippen LogP contribution in [0.25, 0.3) is 0 Å². The summed E-state index contributed by atoms with van der Waals surface area (Å²) in [5.74, 6) is -0.493. The summed E-state index contributed by atoms with van der Waals surface area (Å²) < 4.78 is 13.1. The van der Waals surface area contributed by atoms with Gasteiger partial charge in [-0.05, 0) is 24.3 Å². The molecule has 1 heterocycles. The highest BCUT2D eigenvalue weighted by molar-refractivity contribution is 6.33. The largest absolute Gasteiger partial charge is 0.388 e. The third kappa shape index (κ3) is 2.62. The fourth-order valence-electron chi connectivity index (χ4n) is 1.29. The van der Waals surface area contributed by atoms with Crippen LogP contribution in [0.3, 0.4) is 0 Å². The molecule has 17 heavy (non-hydrogen) atoms. The van der Waals surface area contributed by atoms with Crippen LogP contribution in [0.15, 0.2) is 30.6 Å². The third-order valence-electron chi connectivity index (χ3n) is 2.18. The highest BCUT2D eigenvalue weighted by Gasteiger charge is 2.08. The van der Waals surface area contributed by atoms with Crippen molar-refractivity contribution in [1.29, 1.82) is 0 Å². The van der Waals surface area contributed by atoms with Gasteiger partial charge in [-0.25, -0.2) is 9.97 Å². The van der Waals surface area contributed by atoms with Crippen LogP contribution >= 0.6 is 11.6 Å². The van der Waals surface area contributed by atoms with Gasteiger partial charge in [0, 0.05) is 18.4 Å². The molecule has 1 aromatic heterocycles. The summed E-state index contributed by atoms with van der Waals surface area (Å²) >= 11 is 5.73. The highest BCUT2D eigenvalue weighted by atomic mass is 35.5. The summed E-state index contributed by atoms with van der Waals surface area (Å²) in [5, 5.41) is 5.79. The molecule has 2 aromatic rings. The molecule has 0 aliphatic rings. The van der Waals surface area contributed by atoms with Gasteiger partial charge in [0.2, 0.25) is 5.95 Å². The average molecular weight is 253 g/mol. The minimum Gasteiger partial charge on any atom is -0.388 e. The highest BCUT2D eigenvalue weighted by Crippen LogP contribution is 2.24. The van der Waals surface area contributed by atoms with Crippen molar-refractivity contribution in [2.75, 3.05) is 17.7 Å². The molecule has 0 amide bonds. The van der Waals surface area contributed by atoms with E-state index < -0.39 is 5.95 Å². The number of benzene rings is 1. The van der Waals surface area contributed by atoms with Crippen LogP contribution in [0.1, 0.15) is 0 Å². The Kier molecular flexibility index (Phi) is 3.39. The first-order valence-electron chi connectivity index (χ1n) is 4.91. The number of aromatic nitrogens is 2. The first kappa shape index (κ1) is 11.6. The van der Waals surface area contributed by atoms with Gasteiger partial charge in [-0.15, -0.1) is 0 Å². The van der Waals surface area contributed by atoms with Crippen molar-refractivity contribution >= 4 is 28.8 Å². The lowest BCUT2D eigenvalue weighted by Crippen LogP contribution is -1.98. The van der Waals surface area contributed by atoms with E-state index in [1.807, 2.05) is 31.3 Å². The number of nitrogens with one attached hydrogen (secondary N) is 2. The molecular weight excluding hydrogens is 243 g/mol. The van der Waals surface area contributed by atoms with Crippen molar-refractivity contribution < 1.29 is 4.39 Å². The molecule has 0 aliphatic carbocycles. The van der Waals surface area contributed by atoms with Crippen LogP contribution in [0.4, 0.5) is 21.6 Å². The molecule has 4 nitrogen and oxygen atoms in total. The maximum Gasteiger partial charge on any atom is 0.236 e. The lowest BCUT2D eigenvalue weighted by molar-refractivity contribution is 0.581. The summed E-state index contributed by atoms with van der Waals surface area (Å²) in [4.78, 5) is 7.22. The summed E-state index contributed by atoms with van der Waals surface area (Å²) in [6.45, 7) is 0. The molecule has 2 rings (SSSR count). The molecule has 6 heteroatoms. The zero-order chi connectivity index (χ0) is 12.3. The lowest BCUT2D eigenvalue weighted by Gasteiger charge is -2.07. The quantitative estimate of drug-likeness (QED) is 0.825.